The van der Waals surface area contributed by atoms with Crippen LogP contribution in [0.15, 0.2) is 55.1 Å². The Balaban J connectivity index is 1.46. The van der Waals surface area contributed by atoms with Crippen molar-refractivity contribution in [2.24, 2.45) is 0 Å². The van der Waals surface area contributed by atoms with Crippen LogP contribution in [0.5, 0.6) is 5.75 Å². The molecule has 144 valence electrons. The summed E-state index contributed by atoms with van der Waals surface area (Å²) in [6, 6.07) is 14.3. The molecule has 0 unspecified atom stereocenters. The molecular weight excluding hydrogens is 360 g/mol. The lowest BCUT2D eigenvalue weighted by atomic mass is 10.1. The number of hydrogen-bond acceptors (Lipinski definition) is 5. The van der Waals surface area contributed by atoms with Crippen LogP contribution in [-0.2, 0) is 20.9 Å². The molecule has 1 aliphatic heterocycles. The summed E-state index contributed by atoms with van der Waals surface area (Å²) in [5.74, 6) is -0.737. The molecule has 1 heterocycles. The zero-order valence-corrected chi connectivity index (χ0v) is 15.4. The maximum Gasteiger partial charge on any atom is 0.326 e. The third-order valence-corrected chi connectivity index (χ3v) is 4.31. The lowest BCUT2D eigenvalue weighted by Gasteiger charge is -2.16. The average molecular weight is 380 g/mol. The number of ether oxygens (including phenoxy) is 2. The summed E-state index contributed by atoms with van der Waals surface area (Å²) in [6.07, 6.45) is 0. The van der Waals surface area contributed by atoms with E-state index in [1.165, 1.54) is 4.90 Å². The van der Waals surface area contributed by atoms with E-state index in [-0.39, 0.29) is 19.0 Å². The maximum atomic E-state index is 12.4. The minimum absolute atomic E-state index is 0.282. The van der Waals surface area contributed by atoms with Crippen molar-refractivity contribution in [3.63, 3.8) is 0 Å². The van der Waals surface area contributed by atoms with E-state index in [4.69, 9.17) is 9.47 Å². The molecule has 0 atom stereocenters. The number of esters is 1. The highest BCUT2D eigenvalue weighted by Gasteiger charge is 2.32. The molecule has 1 N–H and O–H groups in total. The van der Waals surface area contributed by atoms with E-state index in [2.05, 4.69) is 11.9 Å². The smallest absolute Gasteiger partial charge is 0.326 e. The van der Waals surface area contributed by atoms with Crippen LogP contribution in [0.1, 0.15) is 21.5 Å². The fourth-order valence-corrected chi connectivity index (χ4v) is 2.86. The van der Waals surface area contributed by atoms with E-state index in [9.17, 15) is 14.4 Å². The van der Waals surface area contributed by atoms with Crippen molar-refractivity contribution in [3.05, 3.63) is 71.8 Å². The van der Waals surface area contributed by atoms with Gasteiger partial charge >= 0.3 is 5.97 Å². The molecule has 0 spiro atoms. The Kier molecular flexibility index (Phi) is 5.74. The third kappa shape index (κ3) is 4.20. The largest absolute Gasteiger partial charge is 0.497 e. The molecule has 1 aliphatic rings. The van der Waals surface area contributed by atoms with Gasteiger partial charge in [0.05, 0.1) is 7.11 Å². The molecule has 0 aromatic heterocycles. The summed E-state index contributed by atoms with van der Waals surface area (Å²) in [6.45, 7) is 3.42. The number of rotatable bonds is 7. The summed E-state index contributed by atoms with van der Waals surface area (Å²) in [4.78, 5) is 37.6. The Morgan fingerprint density at radius 3 is 2.57 bits per heavy atom. The molecule has 0 fully saturated rings. The minimum atomic E-state index is -0.682. The van der Waals surface area contributed by atoms with Crippen LogP contribution in [0.25, 0.3) is 5.70 Å². The highest BCUT2D eigenvalue weighted by Crippen LogP contribution is 2.30. The van der Waals surface area contributed by atoms with Gasteiger partial charge in [-0.1, -0.05) is 36.9 Å². The summed E-state index contributed by atoms with van der Waals surface area (Å²) in [5, 5.41) is 2.66. The SMILES string of the molecule is C=C1c2ccccc2C(=O)N1CC(=O)OCC(=O)NCc1cccc(OC)c1. The number of carbonyl (C=O) groups is 3. The van der Waals surface area contributed by atoms with Crippen molar-refractivity contribution < 1.29 is 23.9 Å². The summed E-state index contributed by atoms with van der Waals surface area (Å²) < 4.78 is 10.1. The van der Waals surface area contributed by atoms with Gasteiger partial charge in [-0.2, -0.15) is 0 Å². The lowest BCUT2D eigenvalue weighted by Crippen LogP contribution is -2.33. The van der Waals surface area contributed by atoms with Crippen LogP contribution in [0.4, 0.5) is 0 Å². The minimum Gasteiger partial charge on any atom is -0.497 e. The summed E-state index contributed by atoms with van der Waals surface area (Å²) in [7, 11) is 1.56. The fourth-order valence-electron chi connectivity index (χ4n) is 2.86. The second-order valence-electron chi connectivity index (χ2n) is 6.17. The topological polar surface area (TPSA) is 84.9 Å². The third-order valence-electron chi connectivity index (χ3n) is 4.31. The molecule has 28 heavy (non-hydrogen) atoms. The second-order valence-corrected chi connectivity index (χ2v) is 6.17. The Morgan fingerprint density at radius 2 is 1.86 bits per heavy atom. The van der Waals surface area contributed by atoms with Crippen LogP contribution in [0, 0.1) is 0 Å². The Labute approximate surface area is 162 Å². The monoisotopic (exact) mass is 380 g/mol. The standard InChI is InChI=1S/C21H20N2O5/c1-14-17-8-3-4-9-18(17)21(26)23(14)12-20(25)28-13-19(24)22-11-15-6-5-7-16(10-15)27-2/h3-10H,1,11-13H2,2H3,(H,22,24). The first kappa shape index (κ1) is 19.2. The number of methoxy groups -OCH3 is 1. The highest BCUT2D eigenvalue weighted by molar-refractivity contribution is 6.10. The van der Waals surface area contributed by atoms with Gasteiger partial charge in [0.2, 0.25) is 0 Å². The van der Waals surface area contributed by atoms with Crippen molar-refractivity contribution in [2.45, 2.75) is 6.54 Å². The van der Waals surface area contributed by atoms with Crippen LogP contribution >= 0.6 is 0 Å². The van der Waals surface area contributed by atoms with Gasteiger partial charge in [0.15, 0.2) is 6.61 Å². The van der Waals surface area contributed by atoms with Crippen molar-refractivity contribution in [1.29, 1.82) is 0 Å². The predicted octanol–water partition coefficient (Wildman–Crippen LogP) is 1.98. The zero-order valence-electron chi connectivity index (χ0n) is 15.4. The van der Waals surface area contributed by atoms with Crippen molar-refractivity contribution in [3.8, 4) is 5.75 Å². The normalized spacial score (nSPS) is 12.5. The van der Waals surface area contributed by atoms with Gasteiger partial charge in [-0.05, 0) is 23.8 Å². The molecule has 0 saturated heterocycles. The fraction of sp³-hybridized carbons (Fsp3) is 0.190. The van der Waals surface area contributed by atoms with E-state index < -0.39 is 18.5 Å². The molecule has 7 nitrogen and oxygen atoms in total. The van der Waals surface area contributed by atoms with E-state index in [0.29, 0.717) is 22.6 Å². The molecular formula is C21H20N2O5. The van der Waals surface area contributed by atoms with Crippen molar-refractivity contribution >= 4 is 23.5 Å². The van der Waals surface area contributed by atoms with Gasteiger partial charge in [0, 0.05) is 23.4 Å². The Hall–Kier alpha value is -3.61. The van der Waals surface area contributed by atoms with E-state index >= 15 is 0 Å². The molecule has 0 aliphatic carbocycles. The number of carbonyl (C=O) groups excluding carboxylic acids is 3. The number of nitrogens with one attached hydrogen (secondary N) is 1. The molecule has 2 amide bonds. The number of benzene rings is 2. The van der Waals surface area contributed by atoms with E-state index in [1.807, 2.05) is 12.1 Å². The molecule has 0 saturated carbocycles. The number of nitrogens with zero attached hydrogens (tertiary/aromatic N) is 1. The Morgan fingerprint density at radius 1 is 1.11 bits per heavy atom. The maximum absolute atomic E-state index is 12.4. The van der Waals surface area contributed by atoms with Crippen LogP contribution < -0.4 is 10.1 Å². The van der Waals surface area contributed by atoms with Gasteiger partial charge in [0.1, 0.15) is 12.3 Å². The lowest BCUT2D eigenvalue weighted by molar-refractivity contribution is -0.148. The molecule has 0 bridgehead atoms. The Bertz CT molecular complexity index is 903. The van der Waals surface area contributed by atoms with Crippen molar-refractivity contribution in [2.75, 3.05) is 20.3 Å². The number of fused-ring (bicyclic) bond motifs is 1. The van der Waals surface area contributed by atoms with Crippen LogP contribution in [0.2, 0.25) is 0 Å². The number of amides is 2. The quantitative estimate of drug-likeness (QED) is 0.743. The van der Waals surface area contributed by atoms with Crippen LogP contribution in [-0.4, -0.2) is 42.9 Å². The van der Waals surface area contributed by atoms with Crippen LogP contribution in [0.3, 0.4) is 0 Å². The van der Waals surface area contributed by atoms with Gasteiger partial charge in [-0.3, -0.25) is 19.3 Å². The highest BCUT2D eigenvalue weighted by atomic mass is 16.5. The first-order valence-corrected chi connectivity index (χ1v) is 8.65. The van der Waals surface area contributed by atoms with Crippen molar-refractivity contribution in [1.82, 2.24) is 10.2 Å². The van der Waals surface area contributed by atoms with E-state index in [0.717, 1.165) is 5.56 Å². The summed E-state index contributed by atoms with van der Waals surface area (Å²) >= 11 is 0. The predicted molar refractivity (Wildman–Crippen MR) is 102 cm³/mol. The summed E-state index contributed by atoms with van der Waals surface area (Å²) in [5.41, 5.74) is 2.49. The molecule has 0 radical (unpaired) electrons. The average Bonchev–Trinajstić information content (AvgIpc) is 2.96. The number of hydrogen-bond donors (Lipinski definition) is 1. The molecule has 7 heteroatoms. The van der Waals surface area contributed by atoms with E-state index in [1.54, 1.807) is 43.5 Å². The van der Waals surface area contributed by atoms with Gasteiger partial charge in [-0.15, -0.1) is 0 Å². The molecule has 2 aromatic rings. The van der Waals surface area contributed by atoms with Gasteiger partial charge in [-0.25, -0.2) is 0 Å². The first-order chi connectivity index (χ1) is 13.5. The zero-order chi connectivity index (χ0) is 20.1. The first-order valence-electron chi connectivity index (χ1n) is 8.65. The molecule has 2 aromatic carbocycles. The van der Waals surface area contributed by atoms with Gasteiger partial charge in [0.25, 0.3) is 11.8 Å². The second kappa shape index (κ2) is 8.39. The van der Waals surface area contributed by atoms with Gasteiger partial charge < -0.3 is 14.8 Å². The molecule has 3 rings (SSSR count).